The fraction of sp³-hybridized carbons (Fsp3) is 0.519. The molecule has 2 aromatic rings. The fourth-order valence-electron chi connectivity index (χ4n) is 3.70. The molecule has 1 atom stereocenters. The molecule has 0 aliphatic carbocycles. The van der Waals surface area contributed by atoms with Crippen molar-refractivity contribution in [3.63, 3.8) is 0 Å². The van der Waals surface area contributed by atoms with Gasteiger partial charge in [0.1, 0.15) is 0 Å². The molecule has 6 nitrogen and oxygen atoms in total. The van der Waals surface area contributed by atoms with Crippen LogP contribution in [0.1, 0.15) is 54.3 Å². The lowest BCUT2D eigenvalue weighted by Gasteiger charge is -2.32. The van der Waals surface area contributed by atoms with Gasteiger partial charge >= 0.3 is 0 Å². The van der Waals surface area contributed by atoms with E-state index in [2.05, 4.69) is 6.07 Å². The topological polar surface area (TPSA) is 64.0 Å². The zero-order valence-corrected chi connectivity index (χ0v) is 19.4. The van der Waals surface area contributed by atoms with Gasteiger partial charge in [-0.3, -0.25) is 0 Å². The normalized spacial score (nSPS) is 19.3. The maximum absolute atomic E-state index is 10.4. The zero-order chi connectivity index (χ0) is 34.5. The van der Waals surface area contributed by atoms with E-state index in [4.69, 9.17) is 35.4 Å². The van der Waals surface area contributed by atoms with Gasteiger partial charge in [-0.1, -0.05) is 26.0 Å². The van der Waals surface area contributed by atoms with Crippen LogP contribution in [0.2, 0.25) is 0 Å². The van der Waals surface area contributed by atoms with Crippen LogP contribution >= 0.6 is 0 Å². The maximum Gasteiger partial charge on any atom is 0.161 e. The smallest absolute Gasteiger partial charge is 0.161 e. The van der Waals surface area contributed by atoms with Gasteiger partial charge in [0.05, 0.1) is 52.1 Å². The molecule has 0 fully saturated rings. The van der Waals surface area contributed by atoms with Gasteiger partial charge in [0, 0.05) is 10.7 Å². The van der Waals surface area contributed by atoms with Crippen molar-refractivity contribution >= 4 is 0 Å². The van der Waals surface area contributed by atoms with Gasteiger partial charge in [-0.15, -0.1) is 0 Å². The van der Waals surface area contributed by atoms with Crippen LogP contribution in [0.3, 0.4) is 0 Å². The van der Waals surface area contributed by atoms with Crippen molar-refractivity contribution in [2.75, 3.05) is 48.4 Å². The van der Waals surface area contributed by atoms with Crippen molar-refractivity contribution in [3.8, 4) is 29.1 Å². The van der Waals surface area contributed by atoms with Crippen LogP contribution < -0.4 is 18.9 Å². The highest BCUT2D eigenvalue weighted by atomic mass is 16.5. The van der Waals surface area contributed by atoms with Crippen LogP contribution in [0.4, 0.5) is 0 Å². The molecule has 0 aromatic heterocycles. The van der Waals surface area contributed by atoms with Gasteiger partial charge in [0.15, 0.2) is 23.0 Å². The van der Waals surface area contributed by atoms with E-state index >= 15 is 0 Å². The Hall–Kier alpha value is -2.91. The monoisotopic (exact) mass is 466 g/mol. The second-order valence-electron chi connectivity index (χ2n) is 7.86. The van der Waals surface area contributed by atoms with Crippen molar-refractivity contribution in [2.45, 2.75) is 38.5 Å². The third-order valence-corrected chi connectivity index (χ3v) is 5.70. The Morgan fingerprint density at radius 1 is 1.03 bits per heavy atom. The summed E-state index contributed by atoms with van der Waals surface area (Å²) in [6.07, 6.45) is 0.294. The Morgan fingerprint density at radius 3 is 2.42 bits per heavy atom. The van der Waals surface area contributed by atoms with Crippen LogP contribution in [-0.2, 0) is 11.8 Å². The van der Waals surface area contributed by atoms with E-state index < -0.39 is 26.5 Å². The number of likely N-dealkylation sites (N-methyl/N-ethyl adjacent to an activating group) is 1. The minimum absolute atomic E-state index is 0.00674. The van der Waals surface area contributed by atoms with Crippen LogP contribution in [0.15, 0.2) is 36.3 Å². The molecule has 0 amide bonds. The molecule has 0 spiro atoms. The van der Waals surface area contributed by atoms with E-state index in [1.54, 1.807) is 13.8 Å². The molecule has 1 unspecified atom stereocenters. The Balaban J connectivity index is 2.39. The Morgan fingerprint density at radius 2 is 1.79 bits per heavy atom. The third-order valence-electron chi connectivity index (χ3n) is 5.70. The molecule has 0 bridgehead atoms. The highest BCUT2D eigenvalue weighted by Crippen LogP contribution is 2.40. The number of benzene rings is 2. The standard InChI is InChI=1S/C27H38N2O4/c1-20(2)27(19-28,22-10-12-24(31-5)26(18-22)33-7)14-8-15-29(3)16-13-21-9-11-23(30-4)25(17-21)32-6/h9-12,17-18,20H,8,13-16H2,1-7H3/i3D3,5D3,7D3,9D,11D,17D. The first-order valence-electron chi connectivity index (χ1n) is 16.5. The van der Waals surface area contributed by atoms with Crippen LogP contribution in [-0.4, -0.2) is 53.3 Å². The Labute approximate surface area is 215 Å². The summed E-state index contributed by atoms with van der Waals surface area (Å²) in [5.74, 6) is -1.16. The van der Waals surface area contributed by atoms with Crippen molar-refractivity contribution in [2.24, 2.45) is 5.92 Å². The molecule has 0 saturated heterocycles. The van der Waals surface area contributed by atoms with Crippen molar-refractivity contribution in [3.05, 3.63) is 47.5 Å². The number of ether oxygens (including phenoxy) is 4. The Bertz CT molecular complexity index is 1370. The van der Waals surface area contributed by atoms with Gasteiger partial charge in [-0.25, -0.2) is 0 Å². The van der Waals surface area contributed by atoms with E-state index in [1.807, 2.05) is 0 Å². The summed E-state index contributed by atoms with van der Waals surface area (Å²) < 4.78 is 114. The number of hydrogen-bond donors (Lipinski definition) is 0. The Kier molecular flexibility index (Phi) is 5.14. The van der Waals surface area contributed by atoms with Gasteiger partial charge < -0.3 is 23.8 Å². The molecule has 0 N–H and O–H groups in total. The van der Waals surface area contributed by atoms with Crippen LogP contribution in [0, 0.1) is 17.2 Å². The van der Waals surface area contributed by atoms with E-state index in [0.717, 1.165) is 0 Å². The molecule has 180 valence electrons. The zero-order valence-electron chi connectivity index (χ0n) is 31.4. The SMILES string of the molecule is [2H]c1c([2H])c(OC)c(OC)c([2H])c1CCN(CCCC(C#N)(c1ccc(OC([2H])([2H])[2H])c(OC([2H])([2H])[2H])c1)C(C)C)C([2H])([2H])[2H]. The quantitative estimate of drug-likeness (QED) is 0.410. The van der Waals surface area contributed by atoms with Gasteiger partial charge in [0.25, 0.3) is 0 Å². The number of rotatable bonds is 13. The van der Waals surface area contributed by atoms with E-state index in [-0.39, 0.29) is 85.0 Å². The summed E-state index contributed by atoms with van der Waals surface area (Å²) in [4.78, 5) is 1.19. The molecule has 0 aliphatic rings. The lowest BCUT2D eigenvalue weighted by molar-refractivity contribution is 0.292. The van der Waals surface area contributed by atoms with Gasteiger partial charge in [0.2, 0.25) is 0 Å². The maximum atomic E-state index is 10.4. The summed E-state index contributed by atoms with van der Waals surface area (Å²) in [6, 6.07) is 5.52. The second kappa shape index (κ2) is 12.4. The van der Waals surface area contributed by atoms with Crippen LogP contribution in [0.5, 0.6) is 23.0 Å². The lowest BCUT2D eigenvalue weighted by atomic mass is 9.69. The average molecular weight is 467 g/mol. The molecular formula is C27H38N2O4. The number of methoxy groups -OCH3 is 4. The summed E-state index contributed by atoms with van der Waals surface area (Å²) in [5.41, 5.74) is -0.789. The minimum atomic E-state index is -2.94. The summed E-state index contributed by atoms with van der Waals surface area (Å²) >= 11 is 0. The average Bonchev–Trinajstić information content (AvgIpc) is 2.90. The first kappa shape index (κ1) is 13.7. The second-order valence-corrected chi connectivity index (χ2v) is 7.86. The first-order valence-corrected chi connectivity index (χ1v) is 10.5. The molecule has 6 heteroatoms. The van der Waals surface area contributed by atoms with Crippen LogP contribution in [0.25, 0.3) is 0 Å². The predicted molar refractivity (Wildman–Crippen MR) is 132 cm³/mol. The summed E-state index contributed by atoms with van der Waals surface area (Å²) in [7, 11) is -3.23. The van der Waals surface area contributed by atoms with Gasteiger partial charge in [-0.2, -0.15) is 5.26 Å². The van der Waals surface area contributed by atoms with Crippen molar-refractivity contribution < 1.29 is 35.4 Å². The largest absolute Gasteiger partial charge is 0.493 e. The third kappa shape index (κ3) is 6.33. The molecule has 0 aliphatic heterocycles. The molecule has 33 heavy (non-hydrogen) atoms. The molecule has 0 radical (unpaired) electrons. The number of nitrogens with zero attached hydrogens (tertiary/aromatic N) is 2. The van der Waals surface area contributed by atoms with Crippen molar-refractivity contribution in [1.29, 1.82) is 5.26 Å². The van der Waals surface area contributed by atoms with Gasteiger partial charge in [-0.05, 0) is 74.0 Å². The molecule has 2 aromatic carbocycles. The number of nitriles is 1. The molecule has 0 heterocycles. The molecule has 2 rings (SSSR count). The first-order chi connectivity index (χ1) is 20.6. The van der Waals surface area contributed by atoms with E-state index in [0.29, 0.717) is 5.56 Å². The summed E-state index contributed by atoms with van der Waals surface area (Å²) in [5, 5.41) is 10.4. The van der Waals surface area contributed by atoms with E-state index in [1.165, 1.54) is 37.3 Å². The van der Waals surface area contributed by atoms with Crippen molar-refractivity contribution in [1.82, 2.24) is 4.90 Å². The molecule has 0 saturated carbocycles. The minimum Gasteiger partial charge on any atom is -0.493 e. The number of hydrogen-bond acceptors (Lipinski definition) is 6. The predicted octanol–water partition coefficient (Wildman–Crippen LogP) is 5.09. The summed E-state index contributed by atoms with van der Waals surface area (Å²) in [6.45, 7) is 0.897. The fourth-order valence-corrected chi connectivity index (χ4v) is 3.70. The highest BCUT2D eigenvalue weighted by molar-refractivity contribution is 5.47. The lowest BCUT2D eigenvalue weighted by Crippen LogP contribution is -2.32. The highest BCUT2D eigenvalue weighted by Gasteiger charge is 2.36. The molecular weight excluding hydrogens is 416 g/mol. The van der Waals surface area contributed by atoms with E-state index in [9.17, 15) is 5.26 Å².